The van der Waals surface area contributed by atoms with Crippen molar-refractivity contribution in [1.82, 2.24) is 4.90 Å². The Morgan fingerprint density at radius 3 is 2.73 bits per heavy atom. The molecule has 3 nitrogen and oxygen atoms in total. The van der Waals surface area contributed by atoms with E-state index < -0.39 is 0 Å². The van der Waals surface area contributed by atoms with E-state index in [2.05, 4.69) is 0 Å². The molecule has 0 aromatic heterocycles. The molecule has 0 radical (unpaired) electrons. The molecular formula is C7H13NO2S. The molecular weight excluding hydrogens is 162 g/mol. The summed E-state index contributed by atoms with van der Waals surface area (Å²) in [7, 11) is 0. The van der Waals surface area contributed by atoms with Crippen molar-refractivity contribution in [1.29, 1.82) is 0 Å². The van der Waals surface area contributed by atoms with E-state index in [0.29, 0.717) is 12.5 Å². The van der Waals surface area contributed by atoms with Crippen LogP contribution in [0, 0.1) is 0 Å². The van der Waals surface area contributed by atoms with Crippen molar-refractivity contribution in [3.8, 4) is 0 Å². The Hall–Kier alpha value is -0.380. The first-order valence-electron chi connectivity index (χ1n) is 3.51. The van der Waals surface area contributed by atoms with E-state index in [-0.39, 0.29) is 11.6 Å². The number of amides is 1. The summed E-state index contributed by atoms with van der Waals surface area (Å²) < 4.78 is 4.91. The van der Waals surface area contributed by atoms with Crippen molar-refractivity contribution in [3.63, 3.8) is 0 Å². The number of carbonyl (C=O) groups is 1. The number of rotatable bonds is 2. The van der Waals surface area contributed by atoms with Crippen molar-refractivity contribution in [2.24, 2.45) is 0 Å². The highest BCUT2D eigenvalue weighted by molar-refractivity contribution is 7.98. The third-order valence-electron chi connectivity index (χ3n) is 1.76. The number of carbonyl (C=O) groups excluding carboxylic acids is 1. The fraction of sp³-hybridized carbons (Fsp3) is 0.857. The Kier molecular flexibility index (Phi) is 2.32. The second-order valence-corrected chi connectivity index (χ2v) is 4.05. The molecule has 0 spiro atoms. The van der Waals surface area contributed by atoms with Gasteiger partial charge in [-0.15, -0.1) is 11.8 Å². The summed E-state index contributed by atoms with van der Waals surface area (Å²) in [5.41, 5.74) is -0.125. The molecule has 1 fully saturated rings. The van der Waals surface area contributed by atoms with Crippen molar-refractivity contribution in [2.45, 2.75) is 19.4 Å². The molecule has 64 valence electrons. The average molecular weight is 175 g/mol. The Bertz CT molecular complexity index is 170. The van der Waals surface area contributed by atoms with Crippen LogP contribution in [0.3, 0.4) is 0 Å². The van der Waals surface area contributed by atoms with Crippen molar-refractivity contribution in [2.75, 3.05) is 18.7 Å². The van der Waals surface area contributed by atoms with Crippen LogP contribution in [0.1, 0.15) is 13.8 Å². The number of hydrogen-bond donors (Lipinski definition) is 0. The van der Waals surface area contributed by atoms with Crippen molar-refractivity contribution in [3.05, 3.63) is 0 Å². The predicted molar refractivity (Wildman–Crippen MR) is 45.6 cm³/mol. The molecule has 1 rings (SSSR count). The van der Waals surface area contributed by atoms with Crippen LogP contribution in [0.25, 0.3) is 0 Å². The average Bonchev–Trinajstić information content (AvgIpc) is 2.16. The first-order valence-corrected chi connectivity index (χ1v) is 4.90. The van der Waals surface area contributed by atoms with E-state index in [1.165, 1.54) is 0 Å². The molecule has 0 atom stereocenters. The monoisotopic (exact) mass is 175 g/mol. The van der Waals surface area contributed by atoms with E-state index in [1.807, 2.05) is 20.1 Å². The molecule has 0 saturated carbocycles. The van der Waals surface area contributed by atoms with E-state index in [9.17, 15) is 4.79 Å². The lowest BCUT2D eigenvalue weighted by molar-refractivity contribution is 0.161. The maximum absolute atomic E-state index is 11.1. The summed E-state index contributed by atoms with van der Waals surface area (Å²) in [4.78, 5) is 12.8. The largest absolute Gasteiger partial charge is 0.447 e. The molecule has 0 unspecified atom stereocenters. The van der Waals surface area contributed by atoms with E-state index in [1.54, 1.807) is 16.7 Å². The first-order chi connectivity index (χ1) is 5.08. The zero-order valence-corrected chi connectivity index (χ0v) is 7.90. The molecule has 0 aromatic rings. The van der Waals surface area contributed by atoms with Gasteiger partial charge in [-0.2, -0.15) is 0 Å². The standard InChI is InChI=1S/C7H13NO2S/c1-7(2)4-10-6(9)8(7)5-11-3/h4-5H2,1-3H3. The molecule has 4 heteroatoms. The van der Waals surface area contributed by atoms with Gasteiger partial charge in [0.2, 0.25) is 0 Å². The molecule has 11 heavy (non-hydrogen) atoms. The van der Waals surface area contributed by atoms with E-state index >= 15 is 0 Å². The molecule has 1 amide bonds. The Morgan fingerprint density at radius 2 is 2.36 bits per heavy atom. The zero-order chi connectivity index (χ0) is 8.48. The predicted octanol–water partition coefficient (Wildman–Crippen LogP) is 1.54. The van der Waals surface area contributed by atoms with Gasteiger partial charge in [-0.05, 0) is 20.1 Å². The number of cyclic esters (lactones) is 1. The lowest BCUT2D eigenvalue weighted by atomic mass is 10.1. The van der Waals surface area contributed by atoms with Gasteiger partial charge in [0.05, 0.1) is 11.4 Å². The second-order valence-electron chi connectivity index (χ2n) is 3.21. The molecule has 1 heterocycles. The van der Waals surface area contributed by atoms with Gasteiger partial charge in [-0.1, -0.05) is 0 Å². The Labute approximate surface area is 71.1 Å². The van der Waals surface area contributed by atoms with Crippen LogP contribution in [0.2, 0.25) is 0 Å². The molecule has 1 aliphatic rings. The molecule has 0 aliphatic carbocycles. The van der Waals surface area contributed by atoms with Gasteiger partial charge in [0.15, 0.2) is 0 Å². The third-order valence-corrected chi connectivity index (χ3v) is 2.27. The van der Waals surface area contributed by atoms with Crippen LogP contribution in [-0.4, -0.2) is 35.3 Å². The molecule has 0 N–H and O–H groups in total. The van der Waals surface area contributed by atoms with Gasteiger partial charge >= 0.3 is 6.09 Å². The highest BCUT2D eigenvalue weighted by atomic mass is 32.2. The fourth-order valence-electron chi connectivity index (χ4n) is 0.998. The second kappa shape index (κ2) is 2.93. The number of hydrogen-bond acceptors (Lipinski definition) is 3. The molecule has 1 saturated heterocycles. The summed E-state index contributed by atoms with van der Waals surface area (Å²) >= 11 is 1.63. The topological polar surface area (TPSA) is 29.5 Å². The summed E-state index contributed by atoms with van der Waals surface area (Å²) in [6.07, 6.45) is 1.78. The van der Waals surface area contributed by atoms with Gasteiger partial charge in [0, 0.05) is 0 Å². The third kappa shape index (κ3) is 1.61. The smallest absolute Gasteiger partial charge is 0.411 e. The van der Waals surface area contributed by atoms with E-state index in [4.69, 9.17) is 4.74 Å². The fourth-order valence-corrected chi connectivity index (χ4v) is 1.71. The van der Waals surface area contributed by atoms with Crippen molar-refractivity contribution < 1.29 is 9.53 Å². The minimum atomic E-state index is -0.190. The van der Waals surface area contributed by atoms with Gasteiger partial charge in [-0.3, -0.25) is 4.90 Å². The summed E-state index contributed by atoms with van der Waals surface area (Å²) in [5.74, 6) is 0.714. The molecule has 0 bridgehead atoms. The van der Waals surface area contributed by atoms with Gasteiger partial charge < -0.3 is 4.74 Å². The van der Waals surface area contributed by atoms with Gasteiger partial charge in [-0.25, -0.2) is 4.79 Å². The Morgan fingerprint density at radius 1 is 1.73 bits per heavy atom. The van der Waals surface area contributed by atoms with Crippen molar-refractivity contribution >= 4 is 17.9 Å². The zero-order valence-electron chi connectivity index (χ0n) is 7.09. The van der Waals surface area contributed by atoms with Gasteiger partial charge in [0.1, 0.15) is 6.61 Å². The van der Waals surface area contributed by atoms with Crippen LogP contribution in [-0.2, 0) is 4.74 Å². The van der Waals surface area contributed by atoms with Crippen LogP contribution in [0.5, 0.6) is 0 Å². The summed E-state index contributed by atoms with van der Waals surface area (Å²) in [6.45, 7) is 4.52. The number of nitrogens with zero attached hydrogens (tertiary/aromatic N) is 1. The van der Waals surface area contributed by atoms with Crippen LogP contribution in [0.15, 0.2) is 0 Å². The van der Waals surface area contributed by atoms with Crippen LogP contribution >= 0.6 is 11.8 Å². The summed E-state index contributed by atoms with van der Waals surface area (Å²) in [6, 6.07) is 0. The van der Waals surface area contributed by atoms with Crippen LogP contribution < -0.4 is 0 Å². The lowest BCUT2D eigenvalue weighted by Gasteiger charge is -2.26. The maximum atomic E-state index is 11.1. The lowest BCUT2D eigenvalue weighted by Crippen LogP contribution is -2.41. The molecule has 0 aromatic carbocycles. The van der Waals surface area contributed by atoms with Crippen LogP contribution in [0.4, 0.5) is 4.79 Å². The number of ether oxygens (including phenoxy) is 1. The normalized spacial score (nSPS) is 22.1. The SMILES string of the molecule is CSCN1C(=O)OCC1(C)C. The summed E-state index contributed by atoms with van der Waals surface area (Å²) in [5, 5.41) is 0. The number of thioether (sulfide) groups is 1. The molecule has 1 aliphatic heterocycles. The van der Waals surface area contributed by atoms with Gasteiger partial charge in [0.25, 0.3) is 0 Å². The highest BCUT2D eigenvalue weighted by Gasteiger charge is 2.39. The minimum absolute atomic E-state index is 0.125. The Balaban J connectivity index is 2.64. The highest BCUT2D eigenvalue weighted by Crippen LogP contribution is 2.24. The van der Waals surface area contributed by atoms with E-state index in [0.717, 1.165) is 0 Å². The quantitative estimate of drug-likeness (QED) is 0.637. The maximum Gasteiger partial charge on any atom is 0.411 e. The minimum Gasteiger partial charge on any atom is -0.447 e. The first kappa shape index (κ1) is 8.71.